The topological polar surface area (TPSA) is 61.8 Å². The number of ether oxygens (including phenoxy) is 1. The summed E-state index contributed by atoms with van der Waals surface area (Å²) in [6.45, 7) is 5.23. The zero-order valence-electron chi connectivity index (χ0n) is 13.8. The van der Waals surface area contributed by atoms with Crippen LogP contribution in [0.2, 0.25) is 10.0 Å². The summed E-state index contributed by atoms with van der Waals surface area (Å²) in [4.78, 5) is 10.9. The van der Waals surface area contributed by atoms with Crippen molar-refractivity contribution >= 4 is 35.0 Å². The number of nitrogens with one attached hydrogen (secondary N) is 2. The molecule has 132 valence electrons. The average molecular weight is 372 g/mol. The first kappa shape index (κ1) is 17.6. The lowest BCUT2D eigenvalue weighted by Crippen LogP contribution is -2.43. The molecular weight excluding hydrogens is 349 g/mol. The van der Waals surface area contributed by atoms with Gasteiger partial charge in [-0.05, 0) is 18.9 Å². The van der Waals surface area contributed by atoms with E-state index in [0.29, 0.717) is 27.8 Å². The standard InChI is InChI=1S/C16H23Cl2N5O/c1-19-15(23-6-2-16(10-23)3-7-24-11-16)21-5-4-20-14-13(18)8-12(17)9-22-14/h8-9H,2-7,10-11H2,1H3,(H,19,21)(H,20,22). The smallest absolute Gasteiger partial charge is 0.193 e. The van der Waals surface area contributed by atoms with E-state index in [1.165, 1.54) is 6.42 Å². The largest absolute Gasteiger partial charge is 0.381 e. The van der Waals surface area contributed by atoms with Crippen molar-refractivity contribution in [3.05, 3.63) is 22.3 Å². The maximum atomic E-state index is 6.10. The SMILES string of the molecule is CN=C(NCCNc1ncc(Cl)cc1Cl)N1CCC2(CCOC2)C1. The van der Waals surface area contributed by atoms with Gasteiger partial charge in [0.05, 0.1) is 16.7 Å². The van der Waals surface area contributed by atoms with E-state index in [0.717, 1.165) is 45.2 Å². The monoisotopic (exact) mass is 371 g/mol. The number of hydrogen-bond acceptors (Lipinski definition) is 4. The number of guanidine groups is 1. The molecule has 2 N–H and O–H groups in total. The fourth-order valence-electron chi connectivity index (χ4n) is 3.32. The summed E-state index contributed by atoms with van der Waals surface area (Å²) in [5, 5.41) is 7.65. The summed E-state index contributed by atoms with van der Waals surface area (Å²) < 4.78 is 5.59. The molecule has 0 bridgehead atoms. The number of pyridine rings is 1. The zero-order chi connectivity index (χ0) is 17.0. The van der Waals surface area contributed by atoms with Crippen molar-refractivity contribution in [3.63, 3.8) is 0 Å². The molecule has 3 rings (SSSR count). The molecule has 1 unspecified atom stereocenters. The Morgan fingerprint density at radius 3 is 3.00 bits per heavy atom. The van der Waals surface area contributed by atoms with E-state index >= 15 is 0 Å². The van der Waals surface area contributed by atoms with Gasteiger partial charge in [0.25, 0.3) is 0 Å². The molecule has 6 nitrogen and oxygen atoms in total. The van der Waals surface area contributed by atoms with Gasteiger partial charge in [-0.25, -0.2) is 4.98 Å². The molecule has 0 saturated carbocycles. The number of hydrogen-bond donors (Lipinski definition) is 2. The highest BCUT2D eigenvalue weighted by Gasteiger charge is 2.42. The van der Waals surface area contributed by atoms with Crippen molar-refractivity contribution in [1.82, 2.24) is 15.2 Å². The molecule has 24 heavy (non-hydrogen) atoms. The van der Waals surface area contributed by atoms with Crippen LogP contribution in [0.25, 0.3) is 0 Å². The van der Waals surface area contributed by atoms with Crippen molar-refractivity contribution in [3.8, 4) is 0 Å². The molecule has 0 radical (unpaired) electrons. The molecule has 1 aromatic heterocycles. The Balaban J connectivity index is 1.45. The van der Waals surface area contributed by atoms with Gasteiger partial charge in [-0.15, -0.1) is 0 Å². The predicted octanol–water partition coefficient (Wildman–Crippen LogP) is 2.49. The van der Waals surface area contributed by atoms with Gasteiger partial charge in [0.15, 0.2) is 5.96 Å². The highest BCUT2D eigenvalue weighted by Crippen LogP contribution is 2.38. The van der Waals surface area contributed by atoms with E-state index in [4.69, 9.17) is 27.9 Å². The summed E-state index contributed by atoms with van der Waals surface area (Å²) in [7, 11) is 1.82. The first-order valence-corrected chi connectivity index (χ1v) is 8.96. The van der Waals surface area contributed by atoms with Crippen molar-refractivity contribution in [1.29, 1.82) is 0 Å². The third-order valence-corrected chi connectivity index (χ3v) is 5.14. The predicted molar refractivity (Wildman–Crippen MR) is 98.2 cm³/mol. The molecule has 1 spiro atoms. The van der Waals surface area contributed by atoms with Gasteiger partial charge in [0, 0.05) is 51.4 Å². The fraction of sp³-hybridized carbons (Fsp3) is 0.625. The number of nitrogens with zero attached hydrogens (tertiary/aromatic N) is 3. The lowest BCUT2D eigenvalue weighted by Gasteiger charge is -2.25. The summed E-state index contributed by atoms with van der Waals surface area (Å²) in [6.07, 6.45) is 3.91. The van der Waals surface area contributed by atoms with E-state index in [2.05, 4.69) is 25.5 Å². The molecule has 0 aliphatic carbocycles. The number of rotatable bonds is 4. The van der Waals surface area contributed by atoms with Gasteiger partial charge in [-0.2, -0.15) is 0 Å². The first-order valence-electron chi connectivity index (χ1n) is 8.20. The van der Waals surface area contributed by atoms with Gasteiger partial charge in [0.1, 0.15) is 5.82 Å². The van der Waals surface area contributed by atoms with Crippen LogP contribution < -0.4 is 10.6 Å². The van der Waals surface area contributed by atoms with Crippen molar-refractivity contribution < 1.29 is 4.74 Å². The lowest BCUT2D eigenvalue weighted by molar-refractivity contribution is 0.156. The number of anilines is 1. The minimum absolute atomic E-state index is 0.330. The first-order chi connectivity index (χ1) is 11.6. The van der Waals surface area contributed by atoms with Crippen LogP contribution in [0, 0.1) is 5.41 Å². The van der Waals surface area contributed by atoms with Gasteiger partial charge < -0.3 is 20.3 Å². The molecule has 2 fully saturated rings. The minimum Gasteiger partial charge on any atom is -0.381 e. The van der Waals surface area contributed by atoms with Gasteiger partial charge in [0.2, 0.25) is 0 Å². The summed E-state index contributed by atoms with van der Waals surface area (Å²) in [5.74, 6) is 1.58. The van der Waals surface area contributed by atoms with Crippen molar-refractivity contribution in [2.45, 2.75) is 12.8 Å². The maximum Gasteiger partial charge on any atom is 0.193 e. The number of aromatic nitrogens is 1. The summed E-state index contributed by atoms with van der Waals surface area (Å²) in [5.41, 5.74) is 0.330. The van der Waals surface area contributed by atoms with Crippen LogP contribution in [-0.4, -0.2) is 62.3 Å². The molecular formula is C16H23Cl2N5O. The van der Waals surface area contributed by atoms with Gasteiger partial charge >= 0.3 is 0 Å². The molecule has 2 aliphatic rings. The fourth-order valence-corrected chi connectivity index (χ4v) is 3.77. The second-order valence-corrected chi connectivity index (χ2v) is 7.20. The van der Waals surface area contributed by atoms with Crippen LogP contribution in [0.1, 0.15) is 12.8 Å². The molecule has 2 saturated heterocycles. The highest BCUT2D eigenvalue weighted by atomic mass is 35.5. The maximum absolute atomic E-state index is 6.10. The molecule has 1 aromatic rings. The minimum atomic E-state index is 0.330. The Kier molecular flexibility index (Phi) is 5.69. The zero-order valence-corrected chi connectivity index (χ0v) is 15.3. The Labute approximate surface area is 152 Å². The molecule has 0 amide bonds. The van der Waals surface area contributed by atoms with E-state index in [-0.39, 0.29) is 0 Å². The summed E-state index contributed by atoms with van der Waals surface area (Å²) in [6, 6.07) is 1.68. The van der Waals surface area contributed by atoms with Crippen LogP contribution in [-0.2, 0) is 4.74 Å². The Bertz CT molecular complexity index is 604. The third-order valence-electron chi connectivity index (χ3n) is 4.64. The van der Waals surface area contributed by atoms with Crippen LogP contribution >= 0.6 is 23.2 Å². The average Bonchev–Trinajstić information content (AvgIpc) is 3.20. The summed E-state index contributed by atoms with van der Waals surface area (Å²) >= 11 is 11.9. The highest BCUT2D eigenvalue weighted by molar-refractivity contribution is 6.35. The molecule has 2 aliphatic heterocycles. The second-order valence-electron chi connectivity index (χ2n) is 6.36. The molecule has 1 atom stereocenters. The molecule has 0 aromatic carbocycles. The van der Waals surface area contributed by atoms with Crippen LogP contribution in [0.3, 0.4) is 0 Å². The van der Waals surface area contributed by atoms with E-state index in [1.807, 2.05) is 7.05 Å². The van der Waals surface area contributed by atoms with Crippen LogP contribution in [0.4, 0.5) is 5.82 Å². The van der Waals surface area contributed by atoms with Crippen molar-refractivity contribution in [2.75, 3.05) is 51.8 Å². The third kappa shape index (κ3) is 4.05. The second kappa shape index (κ2) is 7.76. The molecule has 8 heteroatoms. The van der Waals surface area contributed by atoms with E-state index in [1.54, 1.807) is 12.3 Å². The van der Waals surface area contributed by atoms with Crippen LogP contribution in [0.5, 0.6) is 0 Å². The quantitative estimate of drug-likeness (QED) is 0.483. The Hall–Kier alpha value is -1.24. The Morgan fingerprint density at radius 2 is 2.29 bits per heavy atom. The number of aliphatic imine (C=N–C) groups is 1. The number of halogens is 2. The van der Waals surface area contributed by atoms with Crippen LogP contribution in [0.15, 0.2) is 17.3 Å². The van der Waals surface area contributed by atoms with Gasteiger partial charge in [-0.3, -0.25) is 4.99 Å². The lowest BCUT2D eigenvalue weighted by atomic mass is 9.87. The number of likely N-dealkylation sites (tertiary alicyclic amines) is 1. The van der Waals surface area contributed by atoms with Gasteiger partial charge in [-0.1, -0.05) is 23.2 Å². The Morgan fingerprint density at radius 1 is 1.42 bits per heavy atom. The van der Waals surface area contributed by atoms with E-state index in [9.17, 15) is 0 Å². The normalized spacial score (nSPS) is 24.0. The van der Waals surface area contributed by atoms with E-state index < -0.39 is 0 Å². The van der Waals surface area contributed by atoms with Crippen molar-refractivity contribution in [2.24, 2.45) is 10.4 Å². The molecule has 3 heterocycles.